The van der Waals surface area contributed by atoms with Gasteiger partial charge in [0.15, 0.2) is 11.5 Å². The number of hydrogen-bond donors (Lipinski definition) is 3. The van der Waals surface area contributed by atoms with Crippen molar-refractivity contribution in [3.63, 3.8) is 0 Å². The number of carbonyl (C=O) groups is 3. The van der Waals surface area contributed by atoms with E-state index in [9.17, 15) is 14.4 Å². The Morgan fingerprint density at radius 1 is 0.735 bits per heavy atom. The van der Waals surface area contributed by atoms with Crippen molar-refractivity contribution in [2.75, 3.05) is 32.0 Å². The molecule has 10 heteroatoms. The number of carbonyl (C=O) groups excluding carboxylic acids is 3. The van der Waals surface area contributed by atoms with Crippen LogP contribution in [-0.4, -0.2) is 39.2 Å². The van der Waals surface area contributed by atoms with Gasteiger partial charge in [0.05, 0.1) is 31.9 Å². The molecule has 3 rings (SSSR count). The summed E-state index contributed by atoms with van der Waals surface area (Å²) in [6, 6.07) is 15.3. The van der Waals surface area contributed by atoms with Crippen molar-refractivity contribution >= 4 is 40.8 Å². The lowest BCUT2D eigenvalue weighted by atomic mass is 10.1. The van der Waals surface area contributed by atoms with Crippen molar-refractivity contribution in [2.45, 2.75) is 0 Å². The number of amides is 4. The van der Waals surface area contributed by atoms with Crippen LogP contribution in [0.2, 0.25) is 5.02 Å². The molecule has 4 amide bonds. The van der Waals surface area contributed by atoms with Crippen molar-refractivity contribution in [1.82, 2.24) is 5.32 Å². The van der Waals surface area contributed by atoms with Crippen molar-refractivity contribution in [3.05, 3.63) is 76.8 Å². The van der Waals surface area contributed by atoms with Crippen LogP contribution in [-0.2, 0) is 0 Å². The molecule has 0 heterocycles. The minimum atomic E-state index is -0.810. The normalized spacial score (nSPS) is 10.1. The van der Waals surface area contributed by atoms with E-state index in [-0.39, 0.29) is 33.3 Å². The lowest BCUT2D eigenvalue weighted by Crippen LogP contribution is -2.34. The molecule has 0 saturated heterocycles. The van der Waals surface area contributed by atoms with E-state index in [0.717, 1.165) is 0 Å². The van der Waals surface area contributed by atoms with E-state index >= 15 is 0 Å². The van der Waals surface area contributed by atoms with Gasteiger partial charge in [0, 0.05) is 16.9 Å². The van der Waals surface area contributed by atoms with Gasteiger partial charge in [0.2, 0.25) is 5.75 Å². The minimum Gasteiger partial charge on any atom is -0.493 e. The Kier molecular flexibility index (Phi) is 7.94. The fourth-order valence-electron chi connectivity index (χ4n) is 3.05. The molecule has 0 spiro atoms. The van der Waals surface area contributed by atoms with E-state index < -0.39 is 17.8 Å². The number of urea groups is 1. The maximum Gasteiger partial charge on any atom is 0.326 e. The van der Waals surface area contributed by atoms with E-state index in [4.69, 9.17) is 25.8 Å². The van der Waals surface area contributed by atoms with Crippen LogP contribution in [0, 0.1) is 0 Å². The van der Waals surface area contributed by atoms with Gasteiger partial charge in [-0.15, -0.1) is 0 Å². The van der Waals surface area contributed by atoms with Crippen LogP contribution >= 0.6 is 11.6 Å². The lowest BCUT2D eigenvalue weighted by molar-refractivity contribution is 0.0964. The SMILES string of the molecule is COc1cc(C(=O)NC(=O)Nc2ccc(Cl)c(C(=O)Nc3ccccc3)c2)cc(OC)c1OC. The number of rotatable bonds is 7. The zero-order valence-electron chi connectivity index (χ0n) is 18.6. The third-order valence-corrected chi connectivity index (χ3v) is 4.98. The summed E-state index contributed by atoms with van der Waals surface area (Å²) in [5.74, 6) is -0.312. The van der Waals surface area contributed by atoms with Gasteiger partial charge in [-0.1, -0.05) is 29.8 Å². The number of anilines is 2. The second-order valence-corrected chi connectivity index (χ2v) is 7.24. The molecular weight excluding hydrogens is 462 g/mol. The van der Waals surface area contributed by atoms with Gasteiger partial charge in [-0.2, -0.15) is 0 Å². The zero-order chi connectivity index (χ0) is 24.7. The van der Waals surface area contributed by atoms with Gasteiger partial charge < -0.3 is 24.8 Å². The van der Waals surface area contributed by atoms with Gasteiger partial charge in [-0.25, -0.2) is 4.79 Å². The van der Waals surface area contributed by atoms with E-state index in [2.05, 4.69) is 16.0 Å². The molecule has 0 aromatic heterocycles. The van der Waals surface area contributed by atoms with Crippen molar-refractivity contribution < 1.29 is 28.6 Å². The van der Waals surface area contributed by atoms with Crippen LogP contribution in [0.1, 0.15) is 20.7 Å². The Bertz CT molecular complexity index is 1190. The molecule has 0 aliphatic rings. The summed E-state index contributed by atoms with van der Waals surface area (Å²) in [6.45, 7) is 0. The smallest absolute Gasteiger partial charge is 0.326 e. The number of halogens is 1. The van der Waals surface area contributed by atoms with Gasteiger partial charge in [0.25, 0.3) is 11.8 Å². The number of benzene rings is 3. The summed E-state index contributed by atoms with van der Waals surface area (Å²) in [7, 11) is 4.27. The van der Waals surface area contributed by atoms with E-state index in [1.54, 1.807) is 24.3 Å². The molecular formula is C24H22ClN3O6. The predicted molar refractivity (Wildman–Crippen MR) is 128 cm³/mol. The van der Waals surface area contributed by atoms with Crippen molar-refractivity contribution in [3.8, 4) is 17.2 Å². The topological polar surface area (TPSA) is 115 Å². The molecule has 0 aliphatic carbocycles. The molecule has 3 aromatic rings. The third kappa shape index (κ3) is 5.76. The Balaban J connectivity index is 1.72. The number of para-hydroxylation sites is 1. The maximum absolute atomic E-state index is 12.6. The number of imide groups is 1. The Labute approximate surface area is 201 Å². The highest BCUT2D eigenvalue weighted by Gasteiger charge is 2.19. The molecule has 176 valence electrons. The fraction of sp³-hybridized carbons (Fsp3) is 0.125. The van der Waals surface area contributed by atoms with Crippen molar-refractivity contribution in [1.29, 1.82) is 0 Å². The highest BCUT2D eigenvalue weighted by atomic mass is 35.5. The molecule has 0 aliphatic heterocycles. The summed E-state index contributed by atoms with van der Waals surface area (Å²) in [5, 5.41) is 7.65. The number of ether oxygens (including phenoxy) is 3. The van der Waals surface area contributed by atoms with Gasteiger partial charge in [0.1, 0.15) is 0 Å². The summed E-state index contributed by atoms with van der Waals surface area (Å²) in [4.78, 5) is 37.6. The molecule has 0 saturated carbocycles. The first-order valence-corrected chi connectivity index (χ1v) is 10.3. The Morgan fingerprint density at radius 3 is 1.97 bits per heavy atom. The quantitative estimate of drug-likeness (QED) is 0.453. The monoisotopic (exact) mass is 483 g/mol. The van der Waals surface area contributed by atoms with E-state index in [1.807, 2.05) is 6.07 Å². The summed E-state index contributed by atoms with van der Waals surface area (Å²) < 4.78 is 15.7. The molecule has 34 heavy (non-hydrogen) atoms. The second-order valence-electron chi connectivity index (χ2n) is 6.84. The van der Waals surface area contributed by atoms with E-state index in [0.29, 0.717) is 11.4 Å². The number of hydrogen-bond acceptors (Lipinski definition) is 6. The second kappa shape index (κ2) is 11.1. The molecule has 9 nitrogen and oxygen atoms in total. The van der Waals surface area contributed by atoms with Crippen molar-refractivity contribution in [2.24, 2.45) is 0 Å². The van der Waals surface area contributed by atoms with Gasteiger partial charge in [-0.3, -0.25) is 14.9 Å². The standard InChI is InChI=1S/C24H22ClN3O6/c1-32-19-11-14(12-20(33-2)21(19)34-3)22(29)28-24(31)27-16-9-10-18(25)17(13-16)23(30)26-15-7-5-4-6-8-15/h4-13H,1-3H3,(H,26,30)(H2,27,28,29,31). The largest absolute Gasteiger partial charge is 0.493 e. The highest BCUT2D eigenvalue weighted by molar-refractivity contribution is 6.34. The molecule has 0 radical (unpaired) electrons. The molecule has 0 atom stereocenters. The maximum atomic E-state index is 12.6. The average molecular weight is 484 g/mol. The molecule has 0 unspecified atom stereocenters. The molecule has 3 aromatic carbocycles. The van der Waals surface area contributed by atoms with Crippen LogP contribution in [0.3, 0.4) is 0 Å². The fourth-order valence-corrected chi connectivity index (χ4v) is 3.25. The highest BCUT2D eigenvalue weighted by Crippen LogP contribution is 2.38. The lowest BCUT2D eigenvalue weighted by Gasteiger charge is -2.14. The molecule has 3 N–H and O–H groups in total. The number of nitrogens with one attached hydrogen (secondary N) is 3. The van der Waals surface area contributed by atoms with Crippen LogP contribution < -0.4 is 30.2 Å². The predicted octanol–water partition coefficient (Wildman–Crippen LogP) is 4.58. The van der Waals surface area contributed by atoms with Gasteiger partial charge >= 0.3 is 6.03 Å². The summed E-state index contributed by atoms with van der Waals surface area (Å²) >= 11 is 6.16. The van der Waals surface area contributed by atoms with Crippen LogP contribution in [0.4, 0.5) is 16.2 Å². The number of methoxy groups -OCH3 is 3. The minimum absolute atomic E-state index is 0.115. The summed E-state index contributed by atoms with van der Waals surface area (Å²) in [5.41, 5.74) is 1.12. The zero-order valence-corrected chi connectivity index (χ0v) is 19.4. The first kappa shape index (κ1) is 24.4. The molecule has 0 fully saturated rings. The third-order valence-electron chi connectivity index (χ3n) is 4.65. The van der Waals surface area contributed by atoms with Crippen LogP contribution in [0.15, 0.2) is 60.7 Å². The molecule has 0 bridgehead atoms. The first-order chi connectivity index (χ1) is 16.4. The summed E-state index contributed by atoms with van der Waals surface area (Å²) in [6.07, 6.45) is 0. The van der Waals surface area contributed by atoms with E-state index in [1.165, 1.54) is 51.7 Å². The Morgan fingerprint density at radius 2 is 1.38 bits per heavy atom. The van der Waals surface area contributed by atoms with Crippen LogP contribution in [0.5, 0.6) is 17.2 Å². The Hall–Kier alpha value is -4.24. The van der Waals surface area contributed by atoms with Crippen LogP contribution in [0.25, 0.3) is 0 Å². The first-order valence-electron chi connectivity index (χ1n) is 9.94. The van der Waals surface area contributed by atoms with Gasteiger partial charge in [-0.05, 0) is 42.5 Å². The average Bonchev–Trinajstić information content (AvgIpc) is 2.84.